The molecule has 36 heavy (non-hydrogen) atoms. The number of aryl methyl sites for hydroxylation is 2. The summed E-state index contributed by atoms with van der Waals surface area (Å²) in [6.07, 6.45) is 4.25. The van der Waals surface area contributed by atoms with Gasteiger partial charge in [0, 0.05) is 17.0 Å². The molecule has 0 fully saturated rings. The van der Waals surface area contributed by atoms with E-state index < -0.39 is 0 Å². The van der Waals surface area contributed by atoms with Crippen molar-refractivity contribution >= 4 is 32.3 Å². The minimum absolute atomic E-state index is 0.133. The predicted octanol–water partition coefficient (Wildman–Crippen LogP) is 8.84. The summed E-state index contributed by atoms with van der Waals surface area (Å²) < 4.78 is 9.38. The van der Waals surface area contributed by atoms with Gasteiger partial charge in [-0.05, 0) is 69.8 Å². The van der Waals surface area contributed by atoms with Crippen LogP contribution in [0.5, 0.6) is 11.5 Å². The summed E-state index contributed by atoms with van der Waals surface area (Å²) in [5.41, 5.74) is 6.62. The van der Waals surface area contributed by atoms with Crippen molar-refractivity contribution in [1.82, 2.24) is 0 Å². The van der Waals surface area contributed by atoms with Gasteiger partial charge in [0.15, 0.2) is 6.20 Å². The number of fused-ring (bicyclic) bond motifs is 5. The lowest BCUT2D eigenvalue weighted by atomic mass is 9.81. The first-order valence-corrected chi connectivity index (χ1v) is 13.2. The molecule has 2 heterocycles. The van der Waals surface area contributed by atoms with Crippen LogP contribution < -0.4 is 9.30 Å². The van der Waals surface area contributed by atoms with E-state index in [0.29, 0.717) is 5.92 Å². The number of pyridine rings is 1. The van der Waals surface area contributed by atoms with Gasteiger partial charge in [0.25, 0.3) is 0 Å². The highest BCUT2D eigenvalue weighted by Crippen LogP contribution is 2.53. The van der Waals surface area contributed by atoms with Crippen LogP contribution in [0.3, 0.4) is 0 Å². The fraction of sp³-hybridized carbons (Fsp3) is 0.324. The standard InChI is InChI=1S/C34H36NO/c1-20(2)16-22-12-13-26-24(17-22)18-23-14-15-35(7)31-29-21(3)25-10-8-9-11-27(25)28(19-34(4,5)6)33(29)36-32(26)30(23)31/h8-15,17-18,20H,16,19H2,1-7H3/q+1. The summed E-state index contributed by atoms with van der Waals surface area (Å²) in [7, 11) is 2.17. The summed E-state index contributed by atoms with van der Waals surface area (Å²) in [6, 6.07) is 20.4. The lowest BCUT2D eigenvalue weighted by molar-refractivity contribution is -0.659. The third kappa shape index (κ3) is 3.58. The molecule has 0 aliphatic carbocycles. The van der Waals surface area contributed by atoms with Gasteiger partial charge in [-0.25, -0.2) is 4.57 Å². The molecular weight excluding hydrogens is 438 g/mol. The molecule has 2 heteroatoms. The monoisotopic (exact) mass is 474 g/mol. The lowest BCUT2D eigenvalue weighted by Gasteiger charge is -2.28. The van der Waals surface area contributed by atoms with Crippen LogP contribution in [-0.2, 0) is 19.9 Å². The van der Waals surface area contributed by atoms with Crippen LogP contribution in [-0.4, -0.2) is 0 Å². The largest absolute Gasteiger partial charge is 0.455 e. The topological polar surface area (TPSA) is 13.1 Å². The Hall–Kier alpha value is -3.39. The van der Waals surface area contributed by atoms with Gasteiger partial charge >= 0.3 is 0 Å². The molecule has 1 aliphatic heterocycles. The van der Waals surface area contributed by atoms with E-state index in [4.69, 9.17) is 4.74 Å². The maximum absolute atomic E-state index is 7.09. The first kappa shape index (κ1) is 23.0. The Morgan fingerprint density at radius 3 is 2.33 bits per heavy atom. The second-order valence-electron chi connectivity index (χ2n) is 12.3. The van der Waals surface area contributed by atoms with Gasteiger partial charge in [0.2, 0.25) is 5.69 Å². The SMILES string of the molecule is Cc1c2c(c(CC(C)(C)C)c3ccccc13)Oc1c3ccc(CC(C)C)cc3cc3cc[n+](C)c-2c13. The summed E-state index contributed by atoms with van der Waals surface area (Å²) in [6.45, 7) is 13.8. The number of hydrogen-bond acceptors (Lipinski definition) is 1. The highest BCUT2D eigenvalue weighted by molar-refractivity contribution is 6.13. The second kappa shape index (κ2) is 8.06. The minimum atomic E-state index is 0.133. The molecule has 4 aromatic carbocycles. The Balaban J connectivity index is 1.74. The zero-order chi connectivity index (χ0) is 25.4. The van der Waals surface area contributed by atoms with Gasteiger partial charge in [-0.1, -0.05) is 77.1 Å². The van der Waals surface area contributed by atoms with Gasteiger partial charge in [-0.3, -0.25) is 0 Å². The van der Waals surface area contributed by atoms with Crippen molar-refractivity contribution in [2.75, 3.05) is 0 Å². The first-order valence-electron chi connectivity index (χ1n) is 13.2. The van der Waals surface area contributed by atoms with E-state index >= 15 is 0 Å². The van der Waals surface area contributed by atoms with Crippen molar-refractivity contribution in [2.45, 2.75) is 54.4 Å². The fourth-order valence-electron chi connectivity index (χ4n) is 6.13. The van der Waals surface area contributed by atoms with Crippen molar-refractivity contribution in [3.8, 4) is 22.8 Å². The van der Waals surface area contributed by atoms with Gasteiger partial charge in [-0.15, -0.1) is 0 Å². The molecule has 182 valence electrons. The third-order valence-electron chi connectivity index (χ3n) is 7.58. The molecule has 1 aromatic heterocycles. The first-order chi connectivity index (χ1) is 17.1. The second-order valence-corrected chi connectivity index (χ2v) is 12.3. The Morgan fingerprint density at radius 1 is 0.861 bits per heavy atom. The molecule has 0 radical (unpaired) electrons. The highest BCUT2D eigenvalue weighted by Gasteiger charge is 2.34. The average Bonchev–Trinajstić information content (AvgIpc) is 2.82. The molecule has 0 bridgehead atoms. The van der Waals surface area contributed by atoms with Gasteiger partial charge in [-0.2, -0.15) is 0 Å². The van der Waals surface area contributed by atoms with Crippen molar-refractivity contribution < 1.29 is 9.30 Å². The Labute approximate surface area is 214 Å². The Bertz CT molecular complexity index is 1680. The van der Waals surface area contributed by atoms with Crippen molar-refractivity contribution in [1.29, 1.82) is 0 Å². The quantitative estimate of drug-likeness (QED) is 0.184. The molecule has 6 rings (SSSR count). The smallest absolute Gasteiger partial charge is 0.228 e. The summed E-state index contributed by atoms with van der Waals surface area (Å²) in [4.78, 5) is 0. The molecule has 1 aliphatic rings. The van der Waals surface area contributed by atoms with E-state index in [9.17, 15) is 0 Å². The molecule has 0 unspecified atom stereocenters. The molecule has 0 saturated heterocycles. The Morgan fingerprint density at radius 2 is 1.61 bits per heavy atom. The van der Waals surface area contributed by atoms with Crippen LogP contribution in [0.1, 0.15) is 51.3 Å². The fourth-order valence-corrected chi connectivity index (χ4v) is 6.13. The number of benzene rings is 4. The van der Waals surface area contributed by atoms with Crippen LogP contribution in [0.15, 0.2) is 60.8 Å². The number of hydrogen-bond donors (Lipinski definition) is 0. The zero-order valence-electron chi connectivity index (χ0n) is 22.6. The third-order valence-corrected chi connectivity index (χ3v) is 7.58. The lowest BCUT2D eigenvalue weighted by Crippen LogP contribution is -2.32. The molecule has 0 atom stereocenters. The van der Waals surface area contributed by atoms with E-state index in [2.05, 4.69) is 114 Å². The van der Waals surface area contributed by atoms with Crippen LogP contribution in [0.2, 0.25) is 0 Å². The molecule has 0 spiro atoms. The van der Waals surface area contributed by atoms with Gasteiger partial charge in [0.1, 0.15) is 18.5 Å². The van der Waals surface area contributed by atoms with E-state index in [-0.39, 0.29) is 5.41 Å². The number of rotatable bonds is 3. The van der Waals surface area contributed by atoms with Crippen LogP contribution in [0, 0.1) is 18.3 Å². The van der Waals surface area contributed by atoms with E-state index in [1.807, 2.05) is 0 Å². The molecular formula is C34H36NO+. The van der Waals surface area contributed by atoms with Crippen molar-refractivity contribution in [3.63, 3.8) is 0 Å². The van der Waals surface area contributed by atoms with Crippen LogP contribution in [0.25, 0.3) is 43.6 Å². The highest BCUT2D eigenvalue weighted by atomic mass is 16.5. The molecule has 0 amide bonds. The summed E-state index contributed by atoms with van der Waals surface area (Å²) in [5, 5.41) is 7.54. The normalized spacial score (nSPS) is 13.0. The van der Waals surface area contributed by atoms with Crippen LogP contribution in [0.4, 0.5) is 0 Å². The van der Waals surface area contributed by atoms with Crippen molar-refractivity contribution in [2.24, 2.45) is 18.4 Å². The molecule has 0 saturated carbocycles. The maximum atomic E-state index is 7.09. The minimum Gasteiger partial charge on any atom is -0.455 e. The van der Waals surface area contributed by atoms with Gasteiger partial charge in [0.05, 0.1) is 10.9 Å². The maximum Gasteiger partial charge on any atom is 0.228 e. The number of nitrogens with zero attached hydrogens (tertiary/aromatic N) is 1. The molecule has 2 nitrogen and oxygen atoms in total. The molecule has 0 N–H and O–H groups in total. The van der Waals surface area contributed by atoms with E-state index in [1.54, 1.807) is 0 Å². The van der Waals surface area contributed by atoms with E-state index in [1.165, 1.54) is 60.3 Å². The number of ether oxygens (including phenoxy) is 1. The van der Waals surface area contributed by atoms with Crippen molar-refractivity contribution in [3.05, 3.63) is 77.5 Å². The Kier molecular flexibility index (Phi) is 5.16. The average molecular weight is 475 g/mol. The zero-order valence-corrected chi connectivity index (χ0v) is 22.6. The molecule has 5 aromatic rings. The van der Waals surface area contributed by atoms with Gasteiger partial charge < -0.3 is 4.74 Å². The van der Waals surface area contributed by atoms with E-state index in [0.717, 1.165) is 24.3 Å². The number of aromatic nitrogens is 1. The predicted molar refractivity (Wildman–Crippen MR) is 152 cm³/mol. The summed E-state index contributed by atoms with van der Waals surface area (Å²) in [5.74, 6) is 2.67. The summed E-state index contributed by atoms with van der Waals surface area (Å²) >= 11 is 0. The van der Waals surface area contributed by atoms with Crippen LogP contribution >= 0.6 is 0 Å².